The second-order valence-electron chi connectivity index (χ2n) is 7.99. The van der Waals surface area contributed by atoms with Crippen LogP contribution in [0.5, 0.6) is 0 Å². The first-order chi connectivity index (χ1) is 13.8. The Hall–Kier alpha value is -2.86. The summed E-state index contributed by atoms with van der Waals surface area (Å²) in [6.07, 6.45) is 12.7. The number of benzene rings is 3. The molecule has 0 saturated carbocycles. The normalized spacial score (nSPS) is 14.1. The molecule has 0 aromatic heterocycles. The molecule has 3 aromatic carbocycles. The molecule has 0 N–H and O–H groups in total. The van der Waals surface area contributed by atoms with E-state index in [0.29, 0.717) is 0 Å². The van der Waals surface area contributed by atoms with E-state index in [2.05, 4.69) is 85.8 Å². The van der Waals surface area contributed by atoms with Crippen LogP contribution in [-0.2, 0) is 12.8 Å². The molecule has 5 rings (SSSR count). The molecule has 2 aliphatic rings. The van der Waals surface area contributed by atoms with Crippen LogP contribution in [0.2, 0.25) is 0 Å². The molecule has 0 radical (unpaired) electrons. The molecule has 28 heavy (non-hydrogen) atoms. The van der Waals surface area contributed by atoms with Gasteiger partial charge in [0.2, 0.25) is 0 Å². The van der Waals surface area contributed by atoms with Crippen LogP contribution < -0.4 is 0 Å². The Kier molecular flexibility index (Phi) is 4.49. The lowest BCUT2D eigenvalue weighted by Crippen LogP contribution is -1.93. The molecule has 3 aromatic rings. The van der Waals surface area contributed by atoms with E-state index >= 15 is 0 Å². The Labute approximate surface area is 168 Å². The molecule has 0 spiro atoms. The number of hydrogen-bond donors (Lipinski definition) is 0. The molecular weight excluding hydrogens is 336 g/mol. The Bertz CT molecular complexity index is 1090. The maximum absolute atomic E-state index is 2.45. The van der Waals surface area contributed by atoms with Gasteiger partial charge in [0.25, 0.3) is 0 Å². The summed E-state index contributed by atoms with van der Waals surface area (Å²) in [7, 11) is 0. The second-order valence-corrected chi connectivity index (χ2v) is 7.99. The van der Waals surface area contributed by atoms with Crippen LogP contribution in [-0.4, -0.2) is 0 Å². The highest BCUT2D eigenvalue weighted by molar-refractivity contribution is 5.86. The third-order valence-corrected chi connectivity index (χ3v) is 6.11. The Morgan fingerprint density at radius 2 is 1.64 bits per heavy atom. The van der Waals surface area contributed by atoms with E-state index in [4.69, 9.17) is 0 Å². The second kappa shape index (κ2) is 7.28. The highest BCUT2D eigenvalue weighted by Gasteiger charge is 2.19. The van der Waals surface area contributed by atoms with E-state index in [1.54, 1.807) is 0 Å². The Morgan fingerprint density at radius 3 is 2.54 bits per heavy atom. The fourth-order valence-electron chi connectivity index (χ4n) is 4.56. The standard InChI is InChI=1S/C28H26/c1-2-3-4-11-26(23-14-13-20-9-7-10-21(20)17-23)25-16-15-24-18-22-8-5-6-12-27(22)28(24)19-25/h5-8,10-17,19H,2-4,9,18H2,1H3. The van der Waals surface area contributed by atoms with Crippen LogP contribution >= 0.6 is 0 Å². The van der Waals surface area contributed by atoms with Gasteiger partial charge in [0.05, 0.1) is 0 Å². The lowest BCUT2D eigenvalue weighted by Gasteiger charge is -2.13. The van der Waals surface area contributed by atoms with Crippen molar-refractivity contribution in [3.63, 3.8) is 0 Å². The molecule has 0 atom stereocenters. The van der Waals surface area contributed by atoms with Gasteiger partial charge in [0, 0.05) is 0 Å². The number of unbranched alkanes of at least 4 members (excludes halogenated alkanes) is 2. The third-order valence-electron chi connectivity index (χ3n) is 6.11. The van der Waals surface area contributed by atoms with Crippen molar-refractivity contribution < 1.29 is 0 Å². The molecule has 0 bridgehead atoms. The molecule has 0 aliphatic heterocycles. The van der Waals surface area contributed by atoms with Crippen LogP contribution in [0.25, 0.3) is 22.8 Å². The van der Waals surface area contributed by atoms with Crippen molar-refractivity contribution in [2.45, 2.75) is 39.0 Å². The molecule has 2 aliphatic carbocycles. The molecule has 0 nitrogen and oxygen atoms in total. The molecule has 138 valence electrons. The lowest BCUT2D eigenvalue weighted by atomic mass is 9.91. The summed E-state index contributed by atoms with van der Waals surface area (Å²) in [5.74, 6) is 0. The summed E-state index contributed by atoms with van der Waals surface area (Å²) in [5, 5.41) is 0. The van der Waals surface area contributed by atoms with Gasteiger partial charge in [-0.15, -0.1) is 0 Å². The molecule has 0 fully saturated rings. The zero-order chi connectivity index (χ0) is 18.9. The number of allylic oxidation sites excluding steroid dienone is 2. The van der Waals surface area contributed by atoms with Gasteiger partial charge in [-0.1, -0.05) is 86.5 Å². The van der Waals surface area contributed by atoms with Crippen LogP contribution in [0.15, 0.2) is 72.8 Å². The smallest absolute Gasteiger partial charge is 0.00134 e. The third kappa shape index (κ3) is 3.03. The molecule has 0 heteroatoms. The van der Waals surface area contributed by atoms with Gasteiger partial charge in [-0.3, -0.25) is 0 Å². The summed E-state index contributed by atoms with van der Waals surface area (Å²) >= 11 is 0. The van der Waals surface area contributed by atoms with E-state index in [-0.39, 0.29) is 0 Å². The Balaban J connectivity index is 1.59. The van der Waals surface area contributed by atoms with Gasteiger partial charge in [-0.05, 0) is 81.5 Å². The van der Waals surface area contributed by atoms with Crippen molar-refractivity contribution >= 4 is 11.6 Å². The van der Waals surface area contributed by atoms with Crippen LogP contribution in [0.1, 0.15) is 59.6 Å². The molecular formula is C28H26. The summed E-state index contributed by atoms with van der Waals surface area (Å²) in [5.41, 5.74) is 12.6. The first kappa shape index (κ1) is 17.3. The predicted octanol–water partition coefficient (Wildman–Crippen LogP) is 7.45. The van der Waals surface area contributed by atoms with Crippen molar-refractivity contribution in [3.8, 4) is 11.1 Å². The topological polar surface area (TPSA) is 0 Å². The molecule has 0 heterocycles. The number of hydrogen-bond acceptors (Lipinski definition) is 0. The SMILES string of the molecule is CCCCC=C(c1ccc2c(c1)C=CC2)c1ccc2c(c1)-c1ccccc1C2. The van der Waals surface area contributed by atoms with Gasteiger partial charge < -0.3 is 0 Å². The quantitative estimate of drug-likeness (QED) is 0.323. The highest BCUT2D eigenvalue weighted by Crippen LogP contribution is 2.39. The van der Waals surface area contributed by atoms with Gasteiger partial charge in [-0.2, -0.15) is 0 Å². The van der Waals surface area contributed by atoms with E-state index in [0.717, 1.165) is 19.3 Å². The van der Waals surface area contributed by atoms with E-state index in [1.807, 2.05) is 0 Å². The minimum atomic E-state index is 1.06. The Morgan fingerprint density at radius 1 is 0.857 bits per heavy atom. The zero-order valence-electron chi connectivity index (χ0n) is 16.5. The summed E-state index contributed by atoms with van der Waals surface area (Å²) < 4.78 is 0. The fraction of sp³-hybridized carbons (Fsp3) is 0.214. The van der Waals surface area contributed by atoms with Crippen molar-refractivity contribution in [1.29, 1.82) is 0 Å². The predicted molar refractivity (Wildman–Crippen MR) is 120 cm³/mol. The first-order valence-corrected chi connectivity index (χ1v) is 10.5. The average Bonchev–Trinajstić information content (AvgIpc) is 3.34. The number of rotatable bonds is 5. The van der Waals surface area contributed by atoms with Crippen molar-refractivity contribution in [2.24, 2.45) is 0 Å². The first-order valence-electron chi connectivity index (χ1n) is 10.5. The van der Waals surface area contributed by atoms with Gasteiger partial charge in [0.15, 0.2) is 0 Å². The fourth-order valence-corrected chi connectivity index (χ4v) is 4.56. The maximum Gasteiger partial charge on any atom is -0.00134 e. The van der Waals surface area contributed by atoms with Crippen molar-refractivity contribution in [1.82, 2.24) is 0 Å². The van der Waals surface area contributed by atoms with Gasteiger partial charge >= 0.3 is 0 Å². The zero-order valence-corrected chi connectivity index (χ0v) is 16.5. The minimum Gasteiger partial charge on any atom is -0.0795 e. The largest absolute Gasteiger partial charge is 0.0795 e. The van der Waals surface area contributed by atoms with Gasteiger partial charge in [0.1, 0.15) is 0 Å². The maximum atomic E-state index is 2.45. The lowest BCUT2D eigenvalue weighted by molar-refractivity contribution is 0.815. The molecule has 0 unspecified atom stereocenters. The van der Waals surface area contributed by atoms with Crippen molar-refractivity contribution in [2.75, 3.05) is 0 Å². The minimum absolute atomic E-state index is 1.06. The summed E-state index contributed by atoms with van der Waals surface area (Å²) in [6.45, 7) is 2.26. The van der Waals surface area contributed by atoms with Crippen LogP contribution in [0.3, 0.4) is 0 Å². The molecule has 0 saturated heterocycles. The van der Waals surface area contributed by atoms with E-state index in [1.165, 1.54) is 62.9 Å². The van der Waals surface area contributed by atoms with Crippen molar-refractivity contribution in [3.05, 3.63) is 106 Å². The molecule has 0 amide bonds. The average molecular weight is 363 g/mol. The summed E-state index contributed by atoms with van der Waals surface area (Å²) in [4.78, 5) is 0. The monoisotopic (exact) mass is 362 g/mol. The van der Waals surface area contributed by atoms with E-state index in [9.17, 15) is 0 Å². The summed E-state index contributed by atoms with van der Waals surface area (Å²) in [6, 6.07) is 22.9. The number of fused-ring (bicyclic) bond motifs is 4. The van der Waals surface area contributed by atoms with Crippen LogP contribution in [0, 0.1) is 0 Å². The highest BCUT2D eigenvalue weighted by atomic mass is 14.2. The van der Waals surface area contributed by atoms with Crippen LogP contribution in [0.4, 0.5) is 0 Å². The van der Waals surface area contributed by atoms with E-state index < -0.39 is 0 Å². The van der Waals surface area contributed by atoms with Gasteiger partial charge in [-0.25, -0.2) is 0 Å².